The van der Waals surface area contributed by atoms with Gasteiger partial charge in [0, 0.05) is 36.2 Å². The highest BCUT2D eigenvalue weighted by Gasteiger charge is 2.30. The standard InChI is InChI=1S/C26H30FN3O/c1-4-12-30-16-19-14-23(26(31)28-15-18-8-10-20(27)11-9-18)29-22(13-17(2)3)21-6-5-7-24(30)25(19)21/h4-11,16-17,22-23,29H,1,12-15H2,2-3H3,(H,28,31)/t22-,23-/m0/s1. The van der Waals surface area contributed by atoms with Crippen molar-refractivity contribution in [3.63, 3.8) is 0 Å². The second-order valence-electron chi connectivity index (χ2n) is 8.79. The van der Waals surface area contributed by atoms with Crippen LogP contribution in [0.4, 0.5) is 4.39 Å². The van der Waals surface area contributed by atoms with Gasteiger partial charge in [-0.2, -0.15) is 0 Å². The molecule has 1 amide bonds. The fourth-order valence-electron chi connectivity index (χ4n) is 4.57. The number of allylic oxidation sites excluding steroid dienone is 1. The van der Waals surface area contributed by atoms with Gasteiger partial charge in [-0.25, -0.2) is 4.39 Å². The van der Waals surface area contributed by atoms with Crippen LogP contribution in [0.3, 0.4) is 0 Å². The minimum atomic E-state index is -0.334. The van der Waals surface area contributed by atoms with Gasteiger partial charge in [-0.3, -0.25) is 10.1 Å². The number of nitrogens with zero attached hydrogens (tertiary/aromatic N) is 1. The highest BCUT2D eigenvalue weighted by atomic mass is 19.1. The topological polar surface area (TPSA) is 46.1 Å². The van der Waals surface area contributed by atoms with Crippen molar-refractivity contribution in [2.75, 3.05) is 0 Å². The molecule has 1 aliphatic rings. The minimum Gasteiger partial charge on any atom is -0.351 e. The smallest absolute Gasteiger partial charge is 0.237 e. The third kappa shape index (κ3) is 4.57. The number of carbonyl (C=O) groups excluding carboxylic acids is 1. The van der Waals surface area contributed by atoms with E-state index in [1.54, 1.807) is 12.1 Å². The van der Waals surface area contributed by atoms with Crippen LogP contribution >= 0.6 is 0 Å². The lowest BCUT2D eigenvalue weighted by molar-refractivity contribution is -0.123. The van der Waals surface area contributed by atoms with Crippen LogP contribution in [0.2, 0.25) is 0 Å². The molecule has 0 saturated carbocycles. The summed E-state index contributed by atoms with van der Waals surface area (Å²) in [6.07, 6.45) is 5.64. The Labute approximate surface area is 183 Å². The lowest BCUT2D eigenvalue weighted by atomic mass is 9.94. The van der Waals surface area contributed by atoms with E-state index >= 15 is 0 Å². The number of amides is 1. The van der Waals surface area contributed by atoms with Crippen molar-refractivity contribution in [2.24, 2.45) is 5.92 Å². The van der Waals surface area contributed by atoms with Gasteiger partial charge in [-0.15, -0.1) is 6.58 Å². The highest BCUT2D eigenvalue weighted by molar-refractivity contribution is 5.90. The maximum Gasteiger partial charge on any atom is 0.237 e. The Morgan fingerprint density at radius 2 is 2.06 bits per heavy atom. The molecule has 4 nitrogen and oxygen atoms in total. The molecule has 0 bridgehead atoms. The zero-order valence-corrected chi connectivity index (χ0v) is 18.2. The molecular formula is C26H30FN3O. The summed E-state index contributed by atoms with van der Waals surface area (Å²) in [7, 11) is 0. The SMILES string of the molecule is C=CCn1cc2c3c(cccc31)[C@H](CC(C)C)N[C@H](C(=O)NCc1ccc(F)cc1)C2. The minimum absolute atomic E-state index is 0.0319. The summed E-state index contributed by atoms with van der Waals surface area (Å²) in [5.74, 6) is 0.186. The number of aromatic nitrogens is 1. The van der Waals surface area contributed by atoms with Gasteiger partial charge in [0.1, 0.15) is 5.82 Å². The predicted molar refractivity (Wildman–Crippen MR) is 123 cm³/mol. The van der Waals surface area contributed by atoms with Crippen LogP contribution in [0.5, 0.6) is 0 Å². The number of hydrogen-bond acceptors (Lipinski definition) is 2. The fraction of sp³-hybridized carbons (Fsp3) is 0.346. The van der Waals surface area contributed by atoms with Gasteiger partial charge in [0.15, 0.2) is 0 Å². The number of rotatable bonds is 7. The van der Waals surface area contributed by atoms with Gasteiger partial charge in [0.2, 0.25) is 5.91 Å². The van der Waals surface area contributed by atoms with Gasteiger partial charge in [-0.05, 0) is 53.6 Å². The summed E-state index contributed by atoms with van der Waals surface area (Å²) in [6, 6.07) is 12.4. The molecule has 0 unspecified atom stereocenters. The van der Waals surface area contributed by atoms with Crippen LogP contribution in [0.15, 0.2) is 61.3 Å². The largest absolute Gasteiger partial charge is 0.351 e. The molecule has 0 radical (unpaired) electrons. The lowest BCUT2D eigenvalue weighted by Crippen LogP contribution is -2.46. The Balaban J connectivity index is 1.63. The Morgan fingerprint density at radius 1 is 1.29 bits per heavy atom. The van der Waals surface area contributed by atoms with E-state index in [1.165, 1.54) is 34.2 Å². The van der Waals surface area contributed by atoms with Gasteiger partial charge in [-0.1, -0.05) is 44.2 Å². The third-order valence-electron chi connectivity index (χ3n) is 5.95. The number of hydrogen-bond donors (Lipinski definition) is 2. The molecule has 0 spiro atoms. The predicted octanol–water partition coefficient (Wildman–Crippen LogP) is 4.88. The molecule has 0 saturated heterocycles. The van der Waals surface area contributed by atoms with Crippen LogP contribution in [0, 0.1) is 11.7 Å². The molecule has 2 heterocycles. The first kappa shape index (κ1) is 21.3. The third-order valence-corrected chi connectivity index (χ3v) is 5.95. The Kier molecular flexibility index (Phi) is 6.23. The van der Waals surface area contributed by atoms with Crippen molar-refractivity contribution in [2.45, 2.75) is 51.9 Å². The molecule has 2 N–H and O–H groups in total. The maximum absolute atomic E-state index is 13.2. The van der Waals surface area contributed by atoms with E-state index in [-0.39, 0.29) is 23.8 Å². The second kappa shape index (κ2) is 9.06. The zero-order chi connectivity index (χ0) is 22.0. The van der Waals surface area contributed by atoms with Crippen LogP contribution in [-0.4, -0.2) is 16.5 Å². The molecule has 1 aliphatic heterocycles. The number of benzene rings is 2. The molecule has 0 aliphatic carbocycles. The first-order valence-corrected chi connectivity index (χ1v) is 11.0. The molecular weight excluding hydrogens is 389 g/mol. The normalized spacial score (nSPS) is 18.2. The van der Waals surface area contributed by atoms with Crippen LogP contribution in [0.25, 0.3) is 10.9 Å². The van der Waals surface area contributed by atoms with Crippen molar-refractivity contribution < 1.29 is 9.18 Å². The van der Waals surface area contributed by atoms with Crippen molar-refractivity contribution in [3.05, 3.63) is 83.8 Å². The van der Waals surface area contributed by atoms with Crippen molar-refractivity contribution >= 4 is 16.8 Å². The fourth-order valence-corrected chi connectivity index (χ4v) is 4.57. The highest BCUT2D eigenvalue weighted by Crippen LogP contribution is 2.35. The van der Waals surface area contributed by atoms with Gasteiger partial charge >= 0.3 is 0 Å². The van der Waals surface area contributed by atoms with Crippen LogP contribution in [-0.2, 0) is 24.3 Å². The van der Waals surface area contributed by atoms with E-state index in [0.717, 1.165) is 18.5 Å². The van der Waals surface area contributed by atoms with Gasteiger partial charge in [0.05, 0.1) is 6.04 Å². The van der Waals surface area contributed by atoms with E-state index in [2.05, 4.69) is 60.0 Å². The first-order valence-electron chi connectivity index (χ1n) is 11.0. The molecule has 162 valence electrons. The average Bonchev–Trinajstić information content (AvgIpc) is 3.01. The Bertz CT molecular complexity index is 1080. The summed E-state index contributed by atoms with van der Waals surface area (Å²) in [5.41, 5.74) is 4.52. The Hall–Kier alpha value is -2.92. The first-order chi connectivity index (χ1) is 15.0. The average molecular weight is 420 g/mol. The maximum atomic E-state index is 13.2. The summed E-state index contributed by atoms with van der Waals surface area (Å²) in [6.45, 7) is 9.43. The number of carbonyl (C=O) groups is 1. The molecule has 5 heteroatoms. The van der Waals surface area contributed by atoms with Crippen LogP contribution in [0.1, 0.15) is 43.0 Å². The zero-order valence-electron chi connectivity index (χ0n) is 18.2. The summed E-state index contributed by atoms with van der Waals surface area (Å²) in [4.78, 5) is 13.2. The molecule has 0 fully saturated rings. The summed E-state index contributed by atoms with van der Waals surface area (Å²) < 4.78 is 15.4. The van der Waals surface area contributed by atoms with Crippen molar-refractivity contribution in [1.29, 1.82) is 0 Å². The van der Waals surface area contributed by atoms with E-state index in [1.807, 2.05) is 6.08 Å². The van der Waals surface area contributed by atoms with E-state index in [0.29, 0.717) is 18.9 Å². The summed E-state index contributed by atoms with van der Waals surface area (Å²) in [5, 5.41) is 7.93. The van der Waals surface area contributed by atoms with Gasteiger partial charge in [0.25, 0.3) is 0 Å². The monoisotopic (exact) mass is 419 g/mol. The van der Waals surface area contributed by atoms with Crippen molar-refractivity contribution in [3.8, 4) is 0 Å². The van der Waals surface area contributed by atoms with Crippen molar-refractivity contribution in [1.82, 2.24) is 15.2 Å². The lowest BCUT2D eigenvalue weighted by Gasteiger charge is -2.25. The van der Waals surface area contributed by atoms with E-state index in [4.69, 9.17) is 0 Å². The van der Waals surface area contributed by atoms with Gasteiger partial charge < -0.3 is 9.88 Å². The Morgan fingerprint density at radius 3 is 2.77 bits per heavy atom. The molecule has 31 heavy (non-hydrogen) atoms. The molecule has 2 aromatic carbocycles. The molecule has 2 atom stereocenters. The molecule has 3 aromatic rings. The number of nitrogens with one attached hydrogen (secondary N) is 2. The van der Waals surface area contributed by atoms with E-state index < -0.39 is 0 Å². The van der Waals surface area contributed by atoms with Crippen LogP contribution < -0.4 is 10.6 Å². The number of halogens is 1. The summed E-state index contributed by atoms with van der Waals surface area (Å²) >= 11 is 0. The second-order valence-corrected chi connectivity index (χ2v) is 8.79. The molecule has 1 aromatic heterocycles. The quantitative estimate of drug-likeness (QED) is 0.536. The van der Waals surface area contributed by atoms with E-state index in [9.17, 15) is 9.18 Å². The molecule has 4 rings (SSSR count).